The zero-order valence-electron chi connectivity index (χ0n) is 19.5. The first-order valence-corrected chi connectivity index (χ1v) is 12.5. The Kier molecular flexibility index (Phi) is 7.26. The maximum atomic E-state index is 6.34. The summed E-state index contributed by atoms with van der Waals surface area (Å²) in [4.78, 5) is 23.0. The molecule has 3 heterocycles. The van der Waals surface area contributed by atoms with E-state index in [4.69, 9.17) is 23.2 Å². The molecule has 2 N–H and O–H groups in total. The van der Waals surface area contributed by atoms with Gasteiger partial charge in [-0.2, -0.15) is 20.1 Å². The van der Waals surface area contributed by atoms with E-state index >= 15 is 0 Å². The summed E-state index contributed by atoms with van der Waals surface area (Å²) in [6.45, 7) is 3.52. The molecule has 1 saturated heterocycles. The molecule has 9 nitrogen and oxygen atoms in total. The number of hydrogen-bond acceptors (Lipinski definition) is 8. The van der Waals surface area contributed by atoms with Gasteiger partial charge in [0.25, 0.3) is 5.95 Å². The van der Waals surface area contributed by atoms with Crippen molar-refractivity contribution in [3.63, 3.8) is 0 Å². The van der Waals surface area contributed by atoms with E-state index in [9.17, 15) is 0 Å². The molecule has 1 aliphatic heterocycles. The topological polar surface area (TPSA) is 98.2 Å². The van der Waals surface area contributed by atoms with Gasteiger partial charge in [-0.3, -0.25) is 5.10 Å². The van der Waals surface area contributed by atoms with Gasteiger partial charge >= 0.3 is 0 Å². The molecule has 3 aliphatic rings. The van der Waals surface area contributed by atoms with Crippen LogP contribution in [0.25, 0.3) is 5.57 Å². The number of rotatable bonds is 5. The summed E-state index contributed by atoms with van der Waals surface area (Å²) in [5.74, 6) is 1.88. The maximum Gasteiger partial charge on any atom is 0.256 e. The van der Waals surface area contributed by atoms with Gasteiger partial charge in [0.2, 0.25) is 11.9 Å². The van der Waals surface area contributed by atoms with Crippen molar-refractivity contribution >= 4 is 58.1 Å². The van der Waals surface area contributed by atoms with Crippen LogP contribution in [-0.4, -0.2) is 74.4 Å². The number of aromatic amines is 1. The summed E-state index contributed by atoms with van der Waals surface area (Å²) in [6.07, 6.45) is 14.4. The second kappa shape index (κ2) is 10.7. The van der Waals surface area contributed by atoms with Crippen LogP contribution in [0.5, 0.6) is 0 Å². The van der Waals surface area contributed by atoms with E-state index in [1.165, 1.54) is 0 Å². The average Bonchev–Trinajstić information content (AvgIpc) is 3.10. The molecule has 2 aliphatic carbocycles. The zero-order valence-corrected chi connectivity index (χ0v) is 21.0. The van der Waals surface area contributed by atoms with Crippen LogP contribution in [0.1, 0.15) is 25.0 Å². The fraction of sp³-hybridized carbons (Fsp3) is 0.375. The molecule has 182 valence electrons. The number of aromatic nitrogens is 5. The molecule has 1 unspecified atom stereocenters. The molecular formula is C24H27Cl2N9. The second-order valence-electron chi connectivity index (χ2n) is 8.73. The number of H-pyrrole nitrogens is 1. The standard InChI is InChI=1S/C24H27Cl2N9/c1-34-8-10-35(11-9-34)24-30-22(27-19-13-17(25)12-18(26)14-19)29-23(31-24)28-21-15-20(32-33-21)16-6-4-2-3-5-7-16/h2,4-7,13,15,18H,3,8-12,14H2,1H3,(H2,28,29,30,31,32,33). The van der Waals surface area contributed by atoms with E-state index in [1.54, 1.807) is 0 Å². The number of allylic oxidation sites excluding steroid dienone is 8. The van der Waals surface area contributed by atoms with Crippen molar-refractivity contribution in [2.75, 3.05) is 43.4 Å². The highest BCUT2D eigenvalue weighted by Crippen LogP contribution is 2.27. The smallest absolute Gasteiger partial charge is 0.256 e. The van der Waals surface area contributed by atoms with Crippen molar-refractivity contribution in [2.24, 2.45) is 4.99 Å². The van der Waals surface area contributed by atoms with Gasteiger partial charge < -0.3 is 15.1 Å². The van der Waals surface area contributed by atoms with Crippen LogP contribution in [-0.2, 0) is 0 Å². The second-order valence-corrected chi connectivity index (χ2v) is 9.83. The van der Waals surface area contributed by atoms with Gasteiger partial charge in [0.05, 0.1) is 5.69 Å². The van der Waals surface area contributed by atoms with Gasteiger partial charge in [-0.25, -0.2) is 4.99 Å². The Morgan fingerprint density at radius 1 is 1.11 bits per heavy atom. The third-order valence-corrected chi connectivity index (χ3v) is 6.49. The number of halogens is 2. The lowest BCUT2D eigenvalue weighted by Gasteiger charge is -2.32. The zero-order chi connectivity index (χ0) is 24.2. The molecule has 0 aromatic carbocycles. The van der Waals surface area contributed by atoms with Gasteiger partial charge in [0.1, 0.15) is 0 Å². The van der Waals surface area contributed by atoms with Crippen molar-refractivity contribution in [3.8, 4) is 0 Å². The summed E-state index contributed by atoms with van der Waals surface area (Å²) in [5, 5.41) is 11.3. The number of alkyl halides is 1. The summed E-state index contributed by atoms with van der Waals surface area (Å²) < 4.78 is 0. The molecule has 0 bridgehead atoms. The molecule has 35 heavy (non-hydrogen) atoms. The fourth-order valence-corrected chi connectivity index (χ4v) is 4.75. The summed E-state index contributed by atoms with van der Waals surface area (Å²) in [6, 6.07) is 1.93. The maximum absolute atomic E-state index is 6.34. The number of nitrogens with one attached hydrogen (secondary N) is 2. The van der Waals surface area contributed by atoms with E-state index in [0.29, 0.717) is 41.5 Å². The number of anilines is 3. The van der Waals surface area contributed by atoms with Gasteiger partial charge in [0, 0.05) is 54.8 Å². The third kappa shape index (κ3) is 6.17. The molecule has 2 aromatic rings. The van der Waals surface area contributed by atoms with Crippen LogP contribution in [0, 0.1) is 0 Å². The van der Waals surface area contributed by atoms with Crippen molar-refractivity contribution in [1.29, 1.82) is 0 Å². The van der Waals surface area contributed by atoms with E-state index in [-0.39, 0.29) is 5.38 Å². The van der Waals surface area contributed by atoms with Crippen molar-refractivity contribution in [1.82, 2.24) is 30.0 Å². The Hall–Kier alpha value is -3.01. The van der Waals surface area contributed by atoms with Gasteiger partial charge in [0.15, 0.2) is 5.82 Å². The van der Waals surface area contributed by atoms with Crippen LogP contribution < -0.4 is 10.2 Å². The Labute approximate surface area is 214 Å². The first-order valence-electron chi connectivity index (χ1n) is 11.7. The lowest BCUT2D eigenvalue weighted by atomic mass is 10.1. The van der Waals surface area contributed by atoms with Crippen LogP contribution >= 0.6 is 23.2 Å². The van der Waals surface area contributed by atoms with Gasteiger partial charge in [-0.05, 0) is 31.5 Å². The fourth-order valence-electron chi connectivity index (χ4n) is 4.03. The minimum absolute atomic E-state index is 0.0903. The van der Waals surface area contributed by atoms with Crippen molar-refractivity contribution < 1.29 is 0 Å². The number of piperazine rings is 1. The molecule has 5 rings (SSSR count). The van der Waals surface area contributed by atoms with Crippen LogP contribution in [0.15, 0.2) is 52.5 Å². The highest BCUT2D eigenvalue weighted by atomic mass is 35.5. The lowest BCUT2D eigenvalue weighted by molar-refractivity contribution is 0.311. The largest absolute Gasteiger partial charge is 0.338 e. The van der Waals surface area contributed by atoms with Crippen molar-refractivity contribution in [2.45, 2.75) is 24.6 Å². The predicted molar refractivity (Wildman–Crippen MR) is 142 cm³/mol. The van der Waals surface area contributed by atoms with Crippen LogP contribution in [0.2, 0.25) is 0 Å². The van der Waals surface area contributed by atoms with E-state index in [2.05, 4.69) is 76.6 Å². The highest BCUT2D eigenvalue weighted by molar-refractivity contribution is 6.33. The van der Waals surface area contributed by atoms with Crippen molar-refractivity contribution in [3.05, 3.63) is 53.2 Å². The normalized spacial score (nSPS) is 22.2. The lowest BCUT2D eigenvalue weighted by Crippen LogP contribution is -2.45. The number of likely N-dealkylation sites (N-methyl/N-ethyl adjacent to an activating group) is 1. The minimum atomic E-state index is -0.0903. The Morgan fingerprint density at radius 3 is 2.80 bits per heavy atom. The average molecular weight is 512 g/mol. The molecular weight excluding hydrogens is 485 g/mol. The van der Waals surface area contributed by atoms with E-state index in [1.807, 2.05) is 18.2 Å². The number of hydrogen-bond donors (Lipinski definition) is 2. The molecule has 0 saturated carbocycles. The molecule has 0 radical (unpaired) electrons. The Morgan fingerprint density at radius 2 is 1.97 bits per heavy atom. The highest BCUT2D eigenvalue weighted by Gasteiger charge is 2.21. The molecule has 2 aromatic heterocycles. The SMILES string of the molecule is CN1CCN(c2nc(N=C3C=C(Cl)CC(Cl)C3)nc(Nc3cc(C4=CC=CCC=C4)[nH]n3)n2)CC1. The van der Waals surface area contributed by atoms with Gasteiger partial charge in [-0.1, -0.05) is 42.0 Å². The van der Waals surface area contributed by atoms with Crippen LogP contribution in [0.4, 0.5) is 23.7 Å². The molecule has 0 amide bonds. The first-order chi connectivity index (χ1) is 17.0. The van der Waals surface area contributed by atoms with E-state index in [0.717, 1.165) is 49.6 Å². The predicted octanol–water partition coefficient (Wildman–Crippen LogP) is 4.59. The van der Waals surface area contributed by atoms with Gasteiger partial charge in [-0.15, -0.1) is 11.6 Å². The Bertz CT molecular complexity index is 1220. The Balaban J connectivity index is 1.44. The summed E-state index contributed by atoms with van der Waals surface area (Å²) in [7, 11) is 2.11. The quantitative estimate of drug-likeness (QED) is 0.566. The molecule has 0 spiro atoms. The molecule has 1 fully saturated rings. The molecule has 11 heteroatoms. The first kappa shape index (κ1) is 23.7. The summed E-state index contributed by atoms with van der Waals surface area (Å²) in [5.41, 5.74) is 2.71. The summed E-state index contributed by atoms with van der Waals surface area (Å²) >= 11 is 12.6. The third-order valence-electron chi connectivity index (χ3n) is 5.92. The van der Waals surface area contributed by atoms with E-state index < -0.39 is 0 Å². The molecule has 1 atom stereocenters. The van der Waals surface area contributed by atoms with Crippen LogP contribution in [0.3, 0.4) is 0 Å². The minimum Gasteiger partial charge on any atom is -0.338 e. The number of nitrogens with zero attached hydrogens (tertiary/aromatic N) is 7. The number of aliphatic imine (C=N–C) groups is 1. The monoisotopic (exact) mass is 511 g/mol.